The maximum atomic E-state index is 5.63. The highest BCUT2D eigenvalue weighted by atomic mass is 32.2. The third-order valence-corrected chi connectivity index (χ3v) is 5.59. The second-order valence-electron chi connectivity index (χ2n) is 6.13. The first-order valence-corrected chi connectivity index (χ1v) is 8.66. The SMILES string of the molecule is CC1CCCC(SC(C)CNCC2CCCO2)C1. The van der Waals surface area contributed by atoms with Crippen LogP contribution in [-0.4, -0.2) is 36.3 Å². The fraction of sp³-hybridized carbons (Fsp3) is 1.00. The van der Waals surface area contributed by atoms with Gasteiger partial charge in [-0.1, -0.05) is 26.7 Å². The Hall–Kier alpha value is 0.270. The number of hydrogen-bond donors (Lipinski definition) is 1. The molecular formula is C15H29NOS. The average Bonchev–Trinajstić information content (AvgIpc) is 2.82. The van der Waals surface area contributed by atoms with Gasteiger partial charge in [0.15, 0.2) is 0 Å². The second kappa shape index (κ2) is 7.76. The number of nitrogens with one attached hydrogen (secondary N) is 1. The van der Waals surface area contributed by atoms with E-state index in [1.807, 2.05) is 0 Å². The Labute approximate surface area is 117 Å². The van der Waals surface area contributed by atoms with Crippen molar-refractivity contribution in [1.82, 2.24) is 5.32 Å². The predicted octanol–water partition coefficient (Wildman–Crippen LogP) is 3.46. The molecule has 2 aliphatic rings. The van der Waals surface area contributed by atoms with Crippen LogP contribution in [0.1, 0.15) is 52.4 Å². The first kappa shape index (κ1) is 14.7. The highest BCUT2D eigenvalue weighted by Gasteiger charge is 2.21. The molecule has 0 bridgehead atoms. The van der Waals surface area contributed by atoms with Gasteiger partial charge in [-0.15, -0.1) is 0 Å². The molecule has 18 heavy (non-hydrogen) atoms. The van der Waals surface area contributed by atoms with E-state index >= 15 is 0 Å². The quantitative estimate of drug-likeness (QED) is 0.799. The standard InChI is InChI=1S/C15H29NOS/c1-12-5-3-7-15(9-12)18-13(2)10-16-11-14-6-4-8-17-14/h12-16H,3-11H2,1-2H3. The lowest BCUT2D eigenvalue weighted by Crippen LogP contribution is -2.32. The van der Waals surface area contributed by atoms with Crippen molar-refractivity contribution in [1.29, 1.82) is 0 Å². The number of ether oxygens (including phenoxy) is 1. The molecule has 4 unspecified atom stereocenters. The molecule has 1 N–H and O–H groups in total. The summed E-state index contributed by atoms with van der Waals surface area (Å²) >= 11 is 2.20. The summed E-state index contributed by atoms with van der Waals surface area (Å²) in [6, 6.07) is 0. The van der Waals surface area contributed by atoms with Gasteiger partial charge in [-0.05, 0) is 31.6 Å². The smallest absolute Gasteiger partial charge is 0.0700 e. The lowest BCUT2D eigenvalue weighted by Gasteiger charge is -2.28. The second-order valence-corrected chi connectivity index (χ2v) is 7.88. The Balaban J connectivity index is 1.55. The van der Waals surface area contributed by atoms with E-state index in [4.69, 9.17) is 4.74 Å². The molecule has 0 amide bonds. The highest BCUT2D eigenvalue weighted by Crippen LogP contribution is 2.33. The van der Waals surface area contributed by atoms with Crippen LogP contribution in [0, 0.1) is 5.92 Å². The normalized spacial score (nSPS) is 34.7. The van der Waals surface area contributed by atoms with E-state index in [-0.39, 0.29) is 0 Å². The minimum absolute atomic E-state index is 0.483. The lowest BCUT2D eigenvalue weighted by molar-refractivity contribution is 0.110. The van der Waals surface area contributed by atoms with Crippen LogP contribution in [-0.2, 0) is 4.74 Å². The fourth-order valence-corrected chi connectivity index (χ4v) is 4.75. The van der Waals surface area contributed by atoms with Crippen LogP contribution < -0.4 is 5.32 Å². The van der Waals surface area contributed by atoms with Crippen molar-refractivity contribution >= 4 is 11.8 Å². The molecule has 0 aromatic rings. The molecule has 4 atom stereocenters. The van der Waals surface area contributed by atoms with Crippen molar-refractivity contribution < 1.29 is 4.74 Å². The number of hydrogen-bond acceptors (Lipinski definition) is 3. The van der Waals surface area contributed by atoms with Crippen molar-refractivity contribution in [3.8, 4) is 0 Å². The molecule has 0 spiro atoms. The van der Waals surface area contributed by atoms with Crippen LogP contribution in [0.2, 0.25) is 0 Å². The van der Waals surface area contributed by atoms with Crippen molar-refractivity contribution in [3.63, 3.8) is 0 Å². The van der Waals surface area contributed by atoms with Gasteiger partial charge in [0.2, 0.25) is 0 Å². The molecule has 3 heteroatoms. The first-order valence-electron chi connectivity index (χ1n) is 7.72. The predicted molar refractivity (Wildman–Crippen MR) is 80.3 cm³/mol. The molecule has 1 saturated carbocycles. The maximum absolute atomic E-state index is 5.63. The van der Waals surface area contributed by atoms with Gasteiger partial charge in [0.25, 0.3) is 0 Å². The van der Waals surface area contributed by atoms with Crippen molar-refractivity contribution in [2.24, 2.45) is 5.92 Å². The van der Waals surface area contributed by atoms with Gasteiger partial charge in [-0.25, -0.2) is 0 Å². The summed E-state index contributed by atoms with van der Waals surface area (Å²) in [5.41, 5.74) is 0. The Morgan fingerprint density at radius 3 is 2.89 bits per heavy atom. The van der Waals surface area contributed by atoms with E-state index in [1.54, 1.807) is 0 Å². The first-order chi connectivity index (χ1) is 8.74. The maximum Gasteiger partial charge on any atom is 0.0700 e. The minimum atomic E-state index is 0.483. The van der Waals surface area contributed by atoms with Gasteiger partial charge in [0.05, 0.1) is 6.10 Å². The van der Waals surface area contributed by atoms with Gasteiger partial charge in [-0.3, -0.25) is 0 Å². The van der Waals surface area contributed by atoms with Gasteiger partial charge >= 0.3 is 0 Å². The Morgan fingerprint density at radius 2 is 2.17 bits per heavy atom. The third-order valence-electron chi connectivity index (χ3n) is 4.14. The van der Waals surface area contributed by atoms with Crippen molar-refractivity contribution in [2.75, 3.05) is 19.7 Å². The Bertz CT molecular complexity index is 231. The molecule has 0 radical (unpaired) electrons. The molecule has 2 rings (SSSR count). The zero-order valence-corrected chi connectivity index (χ0v) is 12.8. The van der Waals surface area contributed by atoms with Gasteiger partial charge in [0.1, 0.15) is 0 Å². The van der Waals surface area contributed by atoms with Gasteiger partial charge < -0.3 is 10.1 Å². The monoisotopic (exact) mass is 271 g/mol. The molecule has 1 saturated heterocycles. The van der Waals surface area contributed by atoms with E-state index < -0.39 is 0 Å². The molecule has 106 valence electrons. The largest absolute Gasteiger partial charge is 0.377 e. The summed E-state index contributed by atoms with van der Waals surface area (Å²) in [5, 5.41) is 5.23. The molecule has 2 fully saturated rings. The van der Waals surface area contributed by atoms with E-state index in [2.05, 4.69) is 30.9 Å². The summed E-state index contributed by atoms with van der Waals surface area (Å²) in [6.07, 6.45) is 8.73. The Morgan fingerprint density at radius 1 is 1.28 bits per heavy atom. The van der Waals surface area contributed by atoms with E-state index in [9.17, 15) is 0 Å². The van der Waals surface area contributed by atoms with Crippen LogP contribution >= 0.6 is 11.8 Å². The lowest BCUT2D eigenvalue weighted by atomic mass is 9.91. The molecule has 1 aliphatic heterocycles. The van der Waals surface area contributed by atoms with E-state index in [0.717, 1.165) is 36.1 Å². The van der Waals surface area contributed by atoms with Crippen LogP contribution in [0.5, 0.6) is 0 Å². The molecule has 0 aromatic heterocycles. The highest BCUT2D eigenvalue weighted by molar-refractivity contribution is 8.00. The van der Waals surface area contributed by atoms with Crippen LogP contribution in [0.25, 0.3) is 0 Å². The Kier molecular flexibility index (Phi) is 6.33. The van der Waals surface area contributed by atoms with E-state index in [0.29, 0.717) is 6.10 Å². The summed E-state index contributed by atoms with van der Waals surface area (Å²) in [5.74, 6) is 0.947. The molecule has 0 aromatic carbocycles. The number of thioether (sulfide) groups is 1. The van der Waals surface area contributed by atoms with Crippen LogP contribution in [0.15, 0.2) is 0 Å². The van der Waals surface area contributed by atoms with Gasteiger partial charge in [0, 0.05) is 30.2 Å². The summed E-state index contributed by atoms with van der Waals surface area (Å²) < 4.78 is 5.63. The number of rotatable bonds is 6. The molecule has 1 aliphatic carbocycles. The van der Waals surface area contributed by atoms with Crippen LogP contribution in [0.3, 0.4) is 0 Å². The minimum Gasteiger partial charge on any atom is -0.377 e. The molecular weight excluding hydrogens is 242 g/mol. The van der Waals surface area contributed by atoms with E-state index in [1.165, 1.54) is 38.5 Å². The summed E-state index contributed by atoms with van der Waals surface area (Å²) in [4.78, 5) is 0. The van der Waals surface area contributed by atoms with Crippen molar-refractivity contribution in [3.05, 3.63) is 0 Å². The van der Waals surface area contributed by atoms with Gasteiger partial charge in [-0.2, -0.15) is 11.8 Å². The van der Waals surface area contributed by atoms with Crippen LogP contribution in [0.4, 0.5) is 0 Å². The summed E-state index contributed by atoms with van der Waals surface area (Å²) in [7, 11) is 0. The average molecular weight is 271 g/mol. The fourth-order valence-electron chi connectivity index (χ4n) is 3.13. The molecule has 1 heterocycles. The summed E-state index contributed by atoms with van der Waals surface area (Å²) in [6.45, 7) is 7.93. The zero-order valence-electron chi connectivity index (χ0n) is 12.0. The zero-order chi connectivity index (χ0) is 12.8. The molecule has 2 nitrogen and oxygen atoms in total. The third kappa shape index (κ3) is 5.10. The van der Waals surface area contributed by atoms with Crippen molar-refractivity contribution in [2.45, 2.75) is 69.0 Å². The topological polar surface area (TPSA) is 21.3 Å².